The van der Waals surface area contributed by atoms with Gasteiger partial charge in [0.15, 0.2) is 0 Å². The van der Waals surface area contributed by atoms with Gasteiger partial charge in [-0.25, -0.2) is 0 Å². The molecule has 4 heteroatoms. The Morgan fingerprint density at radius 3 is 2.56 bits per heavy atom. The molecular weight excluding hydrogens is 316 g/mol. The molecule has 0 bridgehead atoms. The average Bonchev–Trinajstić information content (AvgIpc) is 2.81. The van der Waals surface area contributed by atoms with Crippen molar-refractivity contribution in [2.24, 2.45) is 34.5 Å². The average molecular weight is 346 g/mol. The standard InChI is InChI=1S/C21H30O4/c1-11(22)15-10-17(25)19-18-14(5-7-21(15,19)3)20(2)6-4-13(23)8-12(20)9-16(18)24/h8,13-16,18-19,23-24H,4-7,9-10H2,1-3H3/t13-,14+,15-,16+,18+,19-,20+,21-/m1/s1. The molecule has 0 unspecified atom stereocenters. The van der Waals surface area contributed by atoms with Gasteiger partial charge in [-0.05, 0) is 61.7 Å². The number of ketones is 2. The minimum absolute atomic E-state index is 0.0287. The summed E-state index contributed by atoms with van der Waals surface area (Å²) in [5, 5.41) is 21.0. The first-order valence-electron chi connectivity index (χ1n) is 9.79. The van der Waals surface area contributed by atoms with Crippen LogP contribution in [0, 0.1) is 34.5 Å². The van der Waals surface area contributed by atoms with E-state index in [1.54, 1.807) is 6.92 Å². The van der Waals surface area contributed by atoms with Gasteiger partial charge < -0.3 is 10.2 Å². The number of carbonyl (C=O) groups is 2. The second-order valence-corrected chi connectivity index (χ2v) is 9.53. The fourth-order valence-electron chi connectivity index (χ4n) is 7.06. The lowest BCUT2D eigenvalue weighted by atomic mass is 9.46. The number of Topliss-reactive ketones (excluding diaryl/α,β-unsaturated/α-hetero) is 2. The molecule has 4 nitrogen and oxygen atoms in total. The number of aliphatic hydroxyl groups is 2. The monoisotopic (exact) mass is 346 g/mol. The molecule has 4 aliphatic carbocycles. The third kappa shape index (κ3) is 2.26. The van der Waals surface area contributed by atoms with E-state index in [1.807, 2.05) is 6.08 Å². The largest absolute Gasteiger partial charge is 0.392 e. The van der Waals surface area contributed by atoms with Crippen molar-refractivity contribution in [3.05, 3.63) is 11.6 Å². The van der Waals surface area contributed by atoms with E-state index in [0.29, 0.717) is 12.8 Å². The lowest BCUT2D eigenvalue weighted by Gasteiger charge is -2.59. The molecule has 4 rings (SSSR count). The third-order valence-corrected chi connectivity index (χ3v) is 8.37. The highest BCUT2D eigenvalue weighted by Gasteiger charge is 2.64. The number of aliphatic hydroxyl groups excluding tert-OH is 2. The number of hydrogen-bond donors (Lipinski definition) is 2. The fraction of sp³-hybridized carbons (Fsp3) is 0.810. The molecular formula is C21H30O4. The van der Waals surface area contributed by atoms with Crippen LogP contribution in [0.15, 0.2) is 11.6 Å². The first kappa shape index (κ1) is 17.4. The summed E-state index contributed by atoms with van der Waals surface area (Å²) in [6, 6.07) is 0. The molecule has 3 fully saturated rings. The molecule has 138 valence electrons. The quantitative estimate of drug-likeness (QED) is 0.716. The van der Waals surface area contributed by atoms with Crippen molar-refractivity contribution < 1.29 is 19.8 Å². The predicted octanol–water partition coefficient (Wildman–Crippen LogP) is 2.67. The van der Waals surface area contributed by atoms with Crippen LogP contribution in [0.25, 0.3) is 0 Å². The van der Waals surface area contributed by atoms with Crippen LogP contribution in [0.4, 0.5) is 0 Å². The van der Waals surface area contributed by atoms with E-state index in [2.05, 4.69) is 13.8 Å². The molecule has 0 spiro atoms. The van der Waals surface area contributed by atoms with Gasteiger partial charge in [-0.2, -0.15) is 0 Å². The SMILES string of the molecule is CC(=O)[C@H]1CC(=O)[C@@H]2[C@@H]3[C@@H](O)CC4=C[C@H](O)CC[C@]4(C)[C@H]3CC[C@]12C. The summed E-state index contributed by atoms with van der Waals surface area (Å²) in [6.07, 6.45) is 5.41. The first-order valence-corrected chi connectivity index (χ1v) is 9.79. The van der Waals surface area contributed by atoms with Gasteiger partial charge in [0.1, 0.15) is 11.6 Å². The first-order chi connectivity index (χ1) is 11.7. The van der Waals surface area contributed by atoms with Crippen molar-refractivity contribution in [3.8, 4) is 0 Å². The van der Waals surface area contributed by atoms with Gasteiger partial charge in [0, 0.05) is 18.3 Å². The molecule has 0 aromatic rings. The smallest absolute Gasteiger partial charge is 0.137 e. The van der Waals surface area contributed by atoms with Gasteiger partial charge in [0.25, 0.3) is 0 Å². The maximum atomic E-state index is 12.9. The lowest BCUT2D eigenvalue weighted by molar-refractivity contribution is -0.144. The van der Waals surface area contributed by atoms with Crippen LogP contribution in [0.2, 0.25) is 0 Å². The van der Waals surface area contributed by atoms with Gasteiger partial charge in [-0.3, -0.25) is 9.59 Å². The van der Waals surface area contributed by atoms with Crippen LogP contribution in [-0.2, 0) is 9.59 Å². The Bertz CT molecular complexity index is 652. The van der Waals surface area contributed by atoms with Gasteiger partial charge in [0.2, 0.25) is 0 Å². The van der Waals surface area contributed by atoms with Crippen LogP contribution < -0.4 is 0 Å². The van der Waals surface area contributed by atoms with Crippen molar-refractivity contribution >= 4 is 11.6 Å². The fourth-order valence-corrected chi connectivity index (χ4v) is 7.06. The Hall–Kier alpha value is -1.00. The third-order valence-electron chi connectivity index (χ3n) is 8.37. The zero-order chi connectivity index (χ0) is 18.1. The lowest BCUT2D eigenvalue weighted by Crippen LogP contribution is -2.57. The summed E-state index contributed by atoms with van der Waals surface area (Å²) in [5.41, 5.74) is 0.854. The Kier molecular flexibility index (Phi) is 3.83. The van der Waals surface area contributed by atoms with E-state index in [1.165, 1.54) is 5.57 Å². The highest BCUT2D eigenvalue weighted by Crippen LogP contribution is 2.65. The highest BCUT2D eigenvalue weighted by molar-refractivity contribution is 5.93. The van der Waals surface area contributed by atoms with Crippen molar-refractivity contribution in [2.75, 3.05) is 0 Å². The van der Waals surface area contributed by atoms with Crippen LogP contribution in [0.5, 0.6) is 0 Å². The Morgan fingerprint density at radius 1 is 1.16 bits per heavy atom. The second kappa shape index (κ2) is 5.50. The van der Waals surface area contributed by atoms with E-state index < -0.39 is 12.2 Å². The minimum Gasteiger partial charge on any atom is -0.392 e. The van der Waals surface area contributed by atoms with Crippen molar-refractivity contribution in [2.45, 2.75) is 71.5 Å². The van der Waals surface area contributed by atoms with Gasteiger partial charge in [-0.15, -0.1) is 0 Å². The van der Waals surface area contributed by atoms with Gasteiger partial charge >= 0.3 is 0 Å². The highest BCUT2D eigenvalue weighted by atomic mass is 16.3. The summed E-state index contributed by atoms with van der Waals surface area (Å²) >= 11 is 0. The van der Waals surface area contributed by atoms with Crippen LogP contribution in [0.1, 0.15) is 59.3 Å². The molecule has 0 aliphatic heterocycles. The normalized spacial score (nSPS) is 52.0. The summed E-state index contributed by atoms with van der Waals surface area (Å²) in [4.78, 5) is 25.1. The van der Waals surface area contributed by atoms with Crippen LogP contribution in [-0.4, -0.2) is 34.0 Å². The van der Waals surface area contributed by atoms with E-state index in [-0.39, 0.29) is 46.1 Å². The summed E-state index contributed by atoms with van der Waals surface area (Å²) < 4.78 is 0. The molecule has 0 radical (unpaired) electrons. The molecule has 0 aromatic carbocycles. The molecule has 0 aromatic heterocycles. The molecule has 25 heavy (non-hydrogen) atoms. The molecule has 0 saturated heterocycles. The molecule has 0 heterocycles. The zero-order valence-corrected chi connectivity index (χ0v) is 15.5. The van der Waals surface area contributed by atoms with E-state index in [0.717, 1.165) is 25.7 Å². The molecule has 4 aliphatic rings. The van der Waals surface area contributed by atoms with E-state index in [9.17, 15) is 19.8 Å². The predicted molar refractivity (Wildman–Crippen MR) is 93.7 cm³/mol. The van der Waals surface area contributed by atoms with Crippen LogP contribution >= 0.6 is 0 Å². The van der Waals surface area contributed by atoms with Gasteiger partial charge in [-0.1, -0.05) is 25.5 Å². The summed E-state index contributed by atoms with van der Waals surface area (Å²) in [6.45, 7) is 5.98. The van der Waals surface area contributed by atoms with Crippen molar-refractivity contribution in [1.29, 1.82) is 0 Å². The Labute approximate surface area is 149 Å². The minimum atomic E-state index is -0.547. The van der Waals surface area contributed by atoms with Crippen LogP contribution in [0.3, 0.4) is 0 Å². The molecule has 2 N–H and O–H groups in total. The number of fused-ring (bicyclic) bond motifs is 5. The second-order valence-electron chi connectivity index (χ2n) is 9.53. The Morgan fingerprint density at radius 2 is 1.88 bits per heavy atom. The Balaban J connectivity index is 1.75. The molecule has 8 atom stereocenters. The van der Waals surface area contributed by atoms with Crippen molar-refractivity contribution in [1.82, 2.24) is 0 Å². The number of rotatable bonds is 1. The zero-order valence-electron chi connectivity index (χ0n) is 15.5. The maximum Gasteiger partial charge on any atom is 0.137 e. The molecule has 3 saturated carbocycles. The van der Waals surface area contributed by atoms with E-state index >= 15 is 0 Å². The summed E-state index contributed by atoms with van der Waals surface area (Å²) in [7, 11) is 0. The molecule has 0 amide bonds. The topological polar surface area (TPSA) is 74.6 Å². The van der Waals surface area contributed by atoms with E-state index in [4.69, 9.17) is 0 Å². The number of hydrogen-bond acceptors (Lipinski definition) is 4. The maximum absolute atomic E-state index is 12.9. The number of carbonyl (C=O) groups excluding carboxylic acids is 2. The summed E-state index contributed by atoms with van der Waals surface area (Å²) in [5.74, 6) is 0.144. The van der Waals surface area contributed by atoms with Gasteiger partial charge in [0.05, 0.1) is 12.2 Å². The van der Waals surface area contributed by atoms with Crippen molar-refractivity contribution in [3.63, 3.8) is 0 Å².